The zero-order valence-corrected chi connectivity index (χ0v) is 31.1. The number of hydrogen-bond donors (Lipinski definition) is 1. The predicted molar refractivity (Wildman–Crippen MR) is 238 cm³/mol. The summed E-state index contributed by atoms with van der Waals surface area (Å²) in [5.74, 6) is 0.00593. The summed E-state index contributed by atoms with van der Waals surface area (Å²) in [7, 11) is 0. The fraction of sp³-hybridized carbons (Fsp3) is 0.0556. The molecule has 0 saturated heterocycles. The van der Waals surface area contributed by atoms with E-state index in [-0.39, 0.29) is 12.1 Å². The van der Waals surface area contributed by atoms with E-state index < -0.39 is 0 Å². The van der Waals surface area contributed by atoms with Crippen molar-refractivity contribution in [2.24, 2.45) is 4.99 Å². The first-order valence-corrected chi connectivity index (χ1v) is 20.0. The fourth-order valence-corrected chi connectivity index (χ4v) is 10.4. The van der Waals surface area contributed by atoms with Crippen molar-refractivity contribution in [3.8, 4) is 27.9 Å². The number of hydrogen-bond acceptors (Lipinski definition) is 2. The summed E-state index contributed by atoms with van der Waals surface area (Å²) in [5.41, 5.74) is 15.8. The predicted octanol–water partition coefficient (Wildman–Crippen LogP) is 13.5. The molecule has 0 radical (unpaired) electrons. The van der Waals surface area contributed by atoms with Gasteiger partial charge in [0.1, 0.15) is 6.17 Å². The van der Waals surface area contributed by atoms with Crippen molar-refractivity contribution in [2.45, 2.75) is 18.5 Å². The average molecular weight is 726 g/mol. The Morgan fingerprint density at radius 3 is 2.07 bits per heavy atom. The van der Waals surface area contributed by atoms with Crippen molar-refractivity contribution < 1.29 is 0 Å². The highest BCUT2D eigenvalue weighted by molar-refractivity contribution is 6.31. The number of nitrogens with zero attached hydrogens (tertiary/aromatic N) is 2. The molecule has 1 aliphatic carbocycles. The van der Waals surface area contributed by atoms with E-state index in [0.29, 0.717) is 0 Å². The monoisotopic (exact) mass is 725 g/mol. The third-order valence-electron chi connectivity index (χ3n) is 12.9. The van der Waals surface area contributed by atoms with Gasteiger partial charge in [0.2, 0.25) is 0 Å². The minimum atomic E-state index is -0.355. The van der Waals surface area contributed by atoms with Gasteiger partial charge < -0.3 is 9.88 Å². The average Bonchev–Trinajstić information content (AvgIpc) is 3.53. The lowest BCUT2D eigenvalue weighted by atomic mass is 9.82. The van der Waals surface area contributed by atoms with Crippen LogP contribution in [0.15, 0.2) is 187 Å². The summed E-state index contributed by atoms with van der Waals surface area (Å²) in [6.45, 7) is 0. The normalized spacial score (nSPS) is 16.7. The lowest BCUT2D eigenvalue weighted by molar-refractivity contribution is 0.659. The molecule has 10 aromatic rings. The molecule has 0 fully saturated rings. The number of nitrogens with one attached hydrogen (secondary N) is 1. The molecule has 0 saturated carbocycles. The fourth-order valence-electron chi connectivity index (χ4n) is 10.4. The number of fused-ring (bicyclic) bond motifs is 13. The molecule has 3 heteroatoms. The molecule has 2 bridgehead atoms. The van der Waals surface area contributed by atoms with E-state index in [0.717, 1.165) is 23.4 Å². The number of rotatable bonds is 2. The van der Waals surface area contributed by atoms with Crippen molar-refractivity contribution in [3.63, 3.8) is 0 Å². The van der Waals surface area contributed by atoms with Gasteiger partial charge in [-0.05, 0) is 96.4 Å². The van der Waals surface area contributed by atoms with Gasteiger partial charge in [0, 0.05) is 33.5 Å². The Bertz CT molecular complexity index is 3420. The Kier molecular flexibility index (Phi) is 6.34. The first-order chi connectivity index (χ1) is 28.3. The maximum Gasteiger partial charge on any atom is 0.145 e. The molecule has 266 valence electrons. The summed E-state index contributed by atoms with van der Waals surface area (Å²) in [4.78, 5) is 6.00. The zero-order chi connectivity index (χ0) is 37.2. The first-order valence-electron chi connectivity index (χ1n) is 20.0. The minimum Gasteiger partial charge on any atom is -0.360 e. The quantitative estimate of drug-likeness (QED) is 0.177. The van der Waals surface area contributed by atoms with Gasteiger partial charge in [0.05, 0.1) is 22.4 Å². The SMILES string of the molecule is C1=C(c2ccccc2)NC(c2cccc3ccc4ccccc4c23)N=C2c3ccccc3-n3c4cc(cc5c4c4c6c(cccc6ccc43)-c3ccccc3-5)C2C1. The molecule has 3 nitrogen and oxygen atoms in total. The molecule has 1 aromatic heterocycles. The highest BCUT2D eigenvalue weighted by Crippen LogP contribution is 2.52. The summed E-state index contributed by atoms with van der Waals surface area (Å²) in [6.07, 6.45) is 2.87. The Labute approximate surface area is 329 Å². The second-order valence-electron chi connectivity index (χ2n) is 15.8. The van der Waals surface area contributed by atoms with Gasteiger partial charge in [-0.25, -0.2) is 0 Å². The molecule has 0 spiro atoms. The van der Waals surface area contributed by atoms with Crippen LogP contribution < -0.4 is 5.32 Å². The van der Waals surface area contributed by atoms with Crippen LogP contribution in [0, 0.1) is 0 Å². The molecule has 2 unspecified atom stereocenters. The van der Waals surface area contributed by atoms with Crippen LogP contribution in [0.5, 0.6) is 0 Å². The highest BCUT2D eigenvalue weighted by Gasteiger charge is 2.33. The molecule has 57 heavy (non-hydrogen) atoms. The van der Waals surface area contributed by atoms with Crippen LogP contribution in [0.2, 0.25) is 0 Å². The van der Waals surface area contributed by atoms with Crippen LogP contribution in [-0.2, 0) is 0 Å². The van der Waals surface area contributed by atoms with Crippen molar-refractivity contribution in [1.29, 1.82) is 0 Å². The van der Waals surface area contributed by atoms with E-state index >= 15 is 0 Å². The third kappa shape index (κ3) is 4.34. The largest absolute Gasteiger partial charge is 0.360 e. The van der Waals surface area contributed by atoms with E-state index in [1.165, 1.54) is 98.8 Å². The van der Waals surface area contributed by atoms with Crippen molar-refractivity contribution in [1.82, 2.24) is 9.88 Å². The van der Waals surface area contributed by atoms with Gasteiger partial charge in [0.15, 0.2) is 0 Å². The Morgan fingerprint density at radius 1 is 0.491 bits per heavy atom. The first kappa shape index (κ1) is 31.0. The van der Waals surface area contributed by atoms with Gasteiger partial charge in [-0.1, -0.05) is 158 Å². The number of allylic oxidation sites excluding steroid dienone is 1. The van der Waals surface area contributed by atoms with Crippen molar-refractivity contribution >= 4 is 65.5 Å². The smallest absolute Gasteiger partial charge is 0.145 e. The van der Waals surface area contributed by atoms with E-state index in [9.17, 15) is 0 Å². The Morgan fingerprint density at radius 2 is 1.18 bits per heavy atom. The minimum absolute atomic E-state index is 0.00593. The molecule has 3 aliphatic rings. The molecule has 1 N–H and O–H groups in total. The molecule has 3 heterocycles. The van der Waals surface area contributed by atoms with E-state index in [1.54, 1.807) is 0 Å². The summed E-state index contributed by atoms with van der Waals surface area (Å²) < 4.78 is 2.54. The van der Waals surface area contributed by atoms with Crippen LogP contribution in [0.1, 0.15) is 40.8 Å². The highest BCUT2D eigenvalue weighted by atomic mass is 15.1. The second-order valence-corrected chi connectivity index (χ2v) is 15.8. The number of para-hydroxylation sites is 1. The number of aliphatic imine (C=N–C) groups is 1. The van der Waals surface area contributed by atoms with Crippen LogP contribution in [0.4, 0.5) is 0 Å². The van der Waals surface area contributed by atoms with Gasteiger partial charge in [-0.2, -0.15) is 0 Å². The third-order valence-corrected chi connectivity index (χ3v) is 12.9. The number of benzene rings is 9. The number of aromatic nitrogens is 1. The maximum atomic E-state index is 6.00. The van der Waals surface area contributed by atoms with Gasteiger partial charge >= 0.3 is 0 Å². The molecule has 0 amide bonds. The van der Waals surface area contributed by atoms with E-state index in [4.69, 9.17) is 4.99 Å². The van der Waals surface area contributed by atoms with E-state index in [2.05, 4.69) is 192 Å². The van der Waals surface area contributed by atoms with Crippen molar-refractivity contribution in [2.75, 3.05) is 0 Å². The van der Waals surface area contributed by atoms with Crippen LogP contribution in [0.3, 0.4) is 0 Å². The maximum absolute atomic E-state index is 6.00. The lowest BCUT2D eigenvalue weighted by Crippen LogP contribution is -2.27. The second kappa shape index (κ2) is 11.6. The van der Waals surface area contributed by atoms with Gasteiger partial charge in [-0.15, -0.1) is 0 Å². The zero-order valence-electron chi connectivity index (χ0n) is 31.1. The van der Waals surface area contributed by atoms with Gasteiger partial charge in [-0.3, -0.25) is 4.99 Å². The standard InChI is InChI=1S/C54H35N3/c1-2-13-33(14-3-1)45-28-27-38-36-30-44-40-19-7-6-18-39(40)41-21-10-16-35-26-29-47-52(50(35)41)51(44)48(31-36)57(47)46-23-9-8-20-42(46)53(38)56-54(55-45)43-22-11-15-34-25-24-32-12-4-5-17-37(32)49(34)43/h1-26,28-31,38,54-55H,27H2. The molecular formula is C54H35N3. The molecule has 2 atom stereocenters. The van der Waals surface area contributed by atoms with Crippen LogP contribution in [0.25, 0.3) is 87.8 Å². The summed E-state index contributed by atoms with van der Waals surface area (Å²) in [5, 5.41) is 14.2. The van der Waals surface area contributed by atoms with Crippen LogP contribution in [-0.4, -0.2) is 10.3 Å². The van der Waals surface area contributed by atoms with E-state index in [1.807, 2.05) is 0 Å². The van der Waals surface area contributed by atoms with Gasteiger partial charge in [0.25, 0.3) is 0 Å². The molecular weight excluding hydrogens is 691 g/mol. The summed E-state index contributed by atoms with van der Waals surface area (Å²) >= 11 is 0. The van der Waals surface area contributed by atoms with Crippen molar-refractivity contribution in [3.05, 3.63) is 204 Å². The Hall–Kier alpha value is -7.23. The topological polar surface area (TPSA) is 29.3 Å². The molecule has 2 aliphatic heterocycles. The Balaban J connectivity index is 1.16. The lowest BCUT2D eigenvalue weighted by Gasteiger charge is -2.31. The molecule has 9 aromatic carbocycles. The van der Waals surface area contributed by atoms with Crippen LogP contribution >= 0.6 is 0 Å². The molecule has 13 rings (SSSR count). The summed E-state index contributed by atoms with van der Waals surface area (Å²) in [6, 6.07) is 65.2.